The first-order valence-corrected chi connectivity index (χ1v) is 8.46. The lowest BCUT2D eigenvalue weighted by Crippen LogP contribution is -2.03. The Morgan fingerprint density at radius 1 is 1.29 bits per heavy atom. The molecule has 1 aliphatic heterocycles. The van der Waals surface area contributed by atoms with Gasteiger partial charge in [0.15, 0.2) is 17.2 Å². The lowest BCUT2D eigenvalue weighted by atomic mass is 10.1. The van der Waals surface area contributed by atoms with Crippen molar-refractivity contribution < 1.29 is 19.0 Å². The smallest absolute Gasteiger partial charge is 0.363 e. The molecule has 0 saturated heterocycles. The molecule has 0 bridgehead atoms. The van der Waals surface area contributed by atoms with Crippen molar-refractivity contribution in [1.82, 2.24) is 0 Å². The van der Waals surface area contributed by atoms with Gasteiger partial charge in [-0.25, -0.2) is 9.79 Å². The summed E-state index contributed by atoms with van der Waals surface area (Å²) in [6.07, 6.45) is 2.58. The van der Waals surface area contributed by atoms with Crippen LogP contribution >= 0.6 is 11.3 Å². The maximum Gasteiger partial charge on any atom is 0.363 e. The highest BCUT2D eigenvalue weighted by atomic mass is 32.1. The molecule has 0 saturated carbocycles. The van der Waals surface area contributed by atoms with Crippen LogP contribution in [0.3, 0.4) is 0 Å². The standard InChI is InChI=1S/C18H17NO4S/c1-3-8-22-15-11-12(6-7-14(15)21-2)10-13-18(20)23-17(19-13)16-5-4-9-24-16/h4-7,9-11H,3,8H2,1-2H3/b13-10-. The molecule has 5 nitrogen and oxygen atoms in total. The largest absolute Gasteiger partial charge is 0.493 e. The van der Waals surface area contributed by atoms with E-state index in [0.717, 1.165) is 16.9 Å². The van der Waals surface area contributed by atoms with Crippen LogP contribution in [0.4, 0.5) is 0 Å². The second-order valence-electron chi connectivity index (χ2n) is 5.07. The number of aliphatic imine (C=N–C) groups is 1. The predicted octanol–water partition coefficient (Wildman–Crippen LogP) is 3.89. The van der Waals surface area contributed by atoms with E-state index in [0.29, 0.717) is 24.0 Å². The lowest BCUT2D eigenvalue weighted by Gasteiger charge is -2.10. The number of benzene rings is 1. The van der Waals surface area contributed by atoms with E-state index in [9.17, 15) is 4.79 Å². The molecule has 2 aromatic rings. The number of hydrogen-bond acceptors (Lipinski definition) is 6. The van der Waals surface area contributed by atoms with Crippen molar-refractivity contribution in [3.8, 4) is 11.5 Å². The Kier molecular flexibility index (Phi) is 4.96. The number of cyclic esters (lactones) is 1. The summed E-state index contributed by atoms with van der Waals surface area (Å²) in [7, 11) is 1.60. The van der Waals surface area contributed by atoms with Gasteiger partial charge in [0.2, 0.25) is 5.90 Å². The number of rotatable bonds is 6. The van der Waals surface area contributed by atoms with E-state index in [1.807, 2.05) is 42.6 Å². The molecule has 0 N–H and O–H groups in total. The van der Waals surface area contributed by atoms with Crippen LogP contribution in [0.5, 0.6) is 11.5 Å². The molecule has 24 heavy (non-hydrogen) atoms. The van der Waals surface area contributed by atoms with Crippen LogP contribution in [0.15, 0.2) is 46.4 Å². The molecule has 2 heterocycles. The third-order valence-corrected chi connectivity index (χ3v) is 4.16. The maximum absolute atomic E-state index is 12.0. The third-order valence-electron chi connectivity index (χ3n) is 3.31. The SMILES string of the molecule is CCCOc1cc(/C=C2\N=C(c3cccs3)OC2=O)ccc1OC. The van der Waals surface area contributed by atoms with Gasteiger partial charge in [-0.2, -0.15) is 0 Å². The summed E-state index contributed by atoms with van der Waals surface area (Å²) in [6.45, 7) is 2.63. The quantitative estimate of drug-likeness (QED) is 0.590. The van der Waals surface area contributed by atoms with Gasteiger partial charge in [-0.1, -0.05) is 19.1 Å². The summed E-state index contributed by atoms with van der Waals surface area (Å²) in [5.74, 6) is 1.19. The Morgan fingerprint density at radius 3 is 2.88 bits per heavy atom. The van der Waals surface area contributed by atoms with Gasteiger partial charge in [0.05, 0.1) is 18.6 Å². The van der Waals surface area contributed by atoms with Gasteiger partial charge in [0.1, 0.15) is 0 Å². The molecule has 0 spiro atoms. The minimum Gasteiger partial charge on any atom is -0.493 e. The van der Waals surface area contributed by atoms with E-state index in [2.05, 4.69) is 4.99 Å². The zero-order valence-electron chi connectivity index (χ0n) is 13.4. The van der Waals surface area contributed by atoms with Gasteiger partial charge in [0.25, 0.3) is 0 Å². The number of thiophene rings is 1. The molecule has 0 radical (unpaired) electrons. The topological polar surface area (TPSA) is 57.1 Å². The molecule has 1 aromatic heterocycles. The molecule has 0 fully saturated rings. The Bertz CT molecular complexity index is 793. The van der Waals surface area contributed by atoms with Crippen LogP contribution < -0.4 is 9.47 Å². The van der Waals surface area contributed by atoms with Gasteiger partial charge >= 0.3 is 5.97 Å². The molecular weight excluding hydrogens is 326 g/mol. The van der Waals surface area contributed by atoms with Gasteiger partial charge in [-0.15, -0.1) is 11.3 Å². The second kappa shape index (κ2) is 7.31. The zero-order chi connectivity index (χ0) is 16.9. The molecule has 1 aliphatic rings. The number of esters is 1. The van der Waals surface area contributed by atoms with Crippen molar-refractivity contribution in [2.75, 3.05) is 13.7 Å². The van der Waals surface area contributed by atoms with Crippen LogP contribution in [-0.4, -0.2) is 25.6 Å². The van der Waals surface area contributed by atoms with Crippen molar-refractivity contribution in [3.05, 3.63) is 51.8 Å². The summed E-state index contributed by atoms with van der Waals surface area (Å²) in [6, 6.07) is 9.23. The molecule has 0 atom stereocenters. The fourth-order valence-corrected chi connectivity index (χ4v) is 2.83. The third kappa shape index (κ3) is 3.49. The molecule has 0 amide bonds. The number of ether oxygens (including phenoxy) is 3. The number of nitrogens with zero attached hydrogens (tertiary/aromatic N) is 1. The highest BCUT2D eigenvalue weighted by molar-refractivity contribution is 7.12. The Labute approximate surface area is 144 Å². The molecule has 0 unspecified atom stereocenters. The monoisotopic (exact) mass is 343 g/mol. The summed E-state index contributed by atoms with van der Waals surface area (Å²) in [4.78, 5) is 17.1. The van der Waals surface area contributed by atoms with Gasteiger partial charge in [-0.3, -0.25) is 0 Å². The van der Waals surface area contributed by atoms with Gasteiger partial charge in [-0.05, 0) is 41.6 Å². The van der Waals surface area contributed by atoms with Gasteiger partial charge in [0, 0.05) is 0 Å². The van der Waals surface area contributed by atoms with Crippen molar-refractivity contribution in [2.45, 2.75) is 13.3 Å². The Morgan fingerprint density at radius 2 is 2.17 bits per heavy atom. The Hall–Kier alpha value is -2.60. The highest BCUT2D eigenvalue weighted by Gasteiger charge is 2.24. The normalized spacial score (nSPS) is 15.3. The second-order valence-corrected chi connectivity index (χ2v) is 6.02. The number of hydrogen-bond donors (Lipinski definition) is 0. The van der Waals surface area contributed by atoms with Crippen molar-refractivity contribution in [1.29, 1.82) is 0 Å². The first-order valence-electron chi connectivity index (χ1n) is 7.58. The van der Waals surface area contributed by atoms with Crippen LogP contribution in [0.1, 0.15) is 23.8 Å². The van der Waals surface area contributed by atoms with Crippen LogP contribution in [0.2, 0.25) is 0 Å². The molecular formula is C18H17NO4S. The van der Waals surface area contributed by atoms with Crippen LogP contribution in [0, 0.1) is 0 Å². The van der Waals surface area contributed by atoms with E-state index in [1.54, 1.807) is 13.2 Å². The molecule has 6 heteroatoms. The fraction of sp³-hybridized carbons (Fsp3) is 0.222. The van der Waals surface area contributed by atoms with Crippen LogP contribution in [0.25, 0.3) is 6.08 Å². The van der Waals surface area contributed by atoms with E-state index >= 15 is 0 Å². The van der Waals surface area contributed by atoms with E-state index in [-0.39, 0.29) is 5.70 Å². The molecule has 0 aliphatic carbocycles. The van der Waals surface area contributed by atoms with Crippen molar-refractivity contribution in [2.24, 2.45) is 4.99 Å². The van der Waals surface area contributed by atoms with Crippen LogP contribution in [-0.2, 0) is 9.53 Å². The summed E-state index contributed by atoms with van der Waals surface area (Å²) >= 11 is 1.48. The summed E-state index contributed by atoms with van der Waals surface area (Å²) in [5, 5.41) is 1.91. The number of carbonyl (C=O) groups excluding carboxylic acids is 1. The van der Waals surface area contributed by atoms with E-state index in [4.69, 9.17) is 14.2 Å². The fourth-order valence-electron chi connectivity index (χ4n) is 2.18. The van der Waals surface area contributed by atoms with E-state index in [1.165, 1.54) is 11.3 Å². The first kappa shape index (κ1) is 16.3. The summed E-state index contributed by atoms with van der Waals surface area (Å²) < 4.78 is 16.2. The maximum atomic E-state index is 12.0. The molecule has 3 rings (SSSR count). The number of carbonyl (C=O) groups is 1. The lowest BCUT2D eigenvalue weighted by molar-refractivity contribution is -0.129. The average molecular weight is 343 g/mol. The number of methoxy groups -OCH3 is 1. The average Bonchev–Trinajstić information content (AvgIpc) is 3.23. The minimum atomic E-state index is -0.453. The first-order chi connectivity index (χ1) is 11.7. The van der Waals surface area contributed by atoms with Crippen molar-refractivity contribution in [3.63, 3.8) is 0 Å². The van der Waals surface area contributed by atoms with Gasteiger partial charge < -0.3 is 14.2 Å². The predicted molar refractivity (Wildman–Crippen MR) is 93.7 cm³/mol. The van der Waals surface area contributed by atoms with Crippen molar-refractivity contribution >= 4 is 29.3 Å². The Balaban J connectivity index is 1.89. The summed E-state index contributed by atoms with van der Waals surface area (Å²) in [5.41, 5.74) is 1.06. The molecule has 1 aromatic carbocycles. The molecule has 124 valence electrons. The highest BCUT2D eigenvalue weighted by Crippen LogP contribution is 2.30. The minimum absolute atomic E-state index is 0.269. The van der Waals surface area contributed by atoms with E-state index < -0.39 is 5.97 Å². The zero-order valence-corrected chi connectivity index (χ0v) is 14.3.